The minimum Gasteiger partial charge on any atom is -0.309 e. The van der Waals surface area contributed by atoms with Gasteiger partial charge in [-0.05, 0) is 43.8 Å². The van der Waals surface area contributed by atoms with Gasteiger partial charge in [-0.3, -0.25) is 9.69 Å². The monoisotopic (exact) mass is 327 g/mol. The number of nitrogens with zero attached hydrogens (tertiary/aromatic N) is 2. The first kappa shape index (κ1) is 15.7. The van der Waals surface area contributed by atoms with E-state index in [-0.39, 0.29) is 11.6 Å². The van der Waals surface area contributed by atoms with E-state index in [1.807, 2.05) is 56.4 Å². The summed E-state index contributed by atoms with van der Waals surface area (Å²) in [6, 6.07) is 15.1. The number of aromatic amines is 1. The number of para-hydroxylation sites is 1. The number of nitrogens with one attached hydrogen (secondary N) is 1. The SMILES string of the molecule is C[C@H](c1nc2ccccc2c(=O)[nH]1)N(C)Cc1ccc(Cl)cc1. The molecule has 0 aliphatic heterocycles. The first-order chi connectivity index (χ1) is 11.0. The van der Waals surface area contributed by atoms with Crippen molar-refractivity contribution in [1.29, 1.82) is 0 Å². The second-order valence-corrected chi connectivity index (χ2v) is 6.12. The number of hydrogen-bond donors (Lipinski definition) is 1. The molecule has 0 spiro atoms. The second kappa shape index (κ2) is 6.52. The van der Waals surface area contributed by atoms with E-state index in [9.17, 15) is 4.79 Å². The predicted octanol–water partition coefficient (Wildman–Crippen LogP) is 3.77. The summed E-state index contributed by atoms with van der Waals surface area (Å²) in [5, 5.41) is 1.34. The van der Waals surface area contributed by atoms with Crippen molar-refractivity contribution in [2.45, 2.75) is 19.5 Å². The Morgan fingerprint density at radius 2 is 1.87 bits per heavy atom. The van der Waals surface area contributed by atoms with Gasteiger partial charge in [0.1, 0.15) is 5.82 Å². The molecule has 0 fully saturated rings. The lowest BCUT2D eigenvalue weighted by Gasteiger charge is -2.24. The van der Waals surface area contributed by atoms with Gasteiger partial charge in [-0.1, -0.05) is 35.9 Å². The standard InChI is InChI=1S/C18H18ClN3O/c1-12(22(2)11-13-7-9-14(19)10-8-13)17-20-16-6-4-3-5-15(16)18(23)21-17/h3-10,12H,11H2,1-2H3,(H,20,21,23)/t12-/m1/s1. The average Bonchev–Trinajstić information content (AvgIpc) is 2.56. The second-order valence-electron chi connectivity index (χ2n) is 5.69. The number of aromatic nitrogens is 2. The van der Waals surface area contributed by atoms with Crippen molar-refractivity contribution in [1.82, 2.24) is 14.9 Å². The Balaban J connectivity index is 1.85. The molecule has 0 aliphatic carbocycles. The molecule has 0 radical (unpaired) electrons. The van der Waals surface area contributed by atoms with E-state index in [0.717, 1.165) is 22.6 Å². The quantitative estimate of drug-likeness (QED) is 0.793. The zero-order valence-electron chi connectivity index (χ0n) is 13.1. The highest BCUT2D eigenvalue weighted by atomic mass is 35.5. The number of rotatable bonds is 4. The van der Waals surface area contributed by atoms with E-state index < -0.39 is 0 Å². The molecule has 118 valence electrons. The average molecular weight is 328 g/mol. The minimum atomic E-state index is -0.0997. The molecule has 5 heteroatoms. The van der Waals surface area contributed by atoms with Crippen LogP contribution >= 0.6 is 11.6 Å². The Morgan fingerprint density at radius 3 is 2.61 bits per heavy atom. The summed E-state index contributed by atoms with van der Waals surface area (Å²) in [6.45, 7) is 2.78. The van der Waals surface area contributed by atoms with Crippen LogP contribution in [-0.2, 0) is 6.54 Å². The predicted molar refractivity (Wildman–Crippen MR) is 93.7 cm³/mol. The maximum absolute atomic E-state index is 12.2. The van der Waals surface area contributed by atoms with E-state index in [1.165, 1.54) is 0 Å². The maximum atomic E-state index is 12.2. The normalized spacial score (nSPS) is 12.7. The number of benzene rings is 2. The lowest BCUT2D eigenvalue weighted by molar-refractivity contribution is 0.244. The minimum absolute atomic E-state index is 0.0111. The molecule has 0 saturated heterocycles. The third-order valence-corrected chi connectivity index (χ3v) is 4.29. The van der Waals surface area contributed by atoms with Crippen LogP contribution < -0.4 is 5.56 Å². The lowest BCUT2D eigenvalue weighted by atomic mass is 10.2. The van der Waals surface area contributed by atoms with Crippen LogP contribution in [0.1, 0.15) is 24.4 Å². The highest BCUT2D eigenvalue weighted by Gasteiger charge is 2.15. The van der Waals surface area contributed by atoms with E-state index in [2.05, 4.69) is 14.9 Å². The molecule has 1 atom stereocenters. The van der Waals surface area contributed by atoms with Crippen molar-refractivity contribution in [3.05, 3.63) is 75.3 Å². The summed E-state index contributed by atoms with van der Waals surface area (Å²) in [4.78, 5) is 21.8. The molecule has 1 N–H and O–H groups in total. The van der Waals surface area contributed by atoms with Gasteiger partial charge >= 0.3 is 0 Å². The molecule has 4 nitrogen and oxygen atoms in total. The topological polar surface area (TPSA) is 49.0 Å². The van der Waals surface area contributed by atoms with Crippen molar-refractivity contribution >= 4 is 22.5 Å². The van der Waals surface area contributed by atoms with Gasteiger partial charge in [0, 0.05) is 11.6 Å². The summed E-state index contributed by atoms with van der Waals surface area (Å²) >= 11 is 5.92. The maximum Gasteiger partial charge on any atom is 0.258 e. The van der Waals surface area contributed by atoms with Crippen molar-refractivity contribution in [2.75, 3.05) is 7.05 Å². The van der Waals surface area contributed by atoms with Crippen LogP contribution in [0.3, 0.4) is 0 Å². The molecule has 1 aromatic heterocycles. The first-order valence-corrected chi connectivity index (χ1v) is 7.86. The Hall–Kier alpha value is -2.17. The third kappa shape index (κ3) is 3.44. The van der Waals surface area contributed by atoms with Crippen LogP contribution in [0.5, 0.6) is 0 Å². The van der Waals surface area contributed by atoms with E-state index in [1.54, 1.807) is 6.07 Å². The molecule has 0 saturated carbocycles. The first-order valence-electron chi connectivity index (χ1n) is 7.48. The van der Waals surface area contributed by atoms with Gasteiger partial charge in [-0.2, -0.15) is 0 Å². The van der Waals surface area contributed by atoms with Crippen LogP contribution in [0, 0.1) is 0 Å². The van der Waals surface area contributed by atoms with Gasteiger partial charge in [0.25, 0.3) is 5.56 Å². The smallest absolute Gasteiger partial charge is 0.258 e. The van der Waals surface area contributed by atoms with Gasteiger partial charge in [0.2, 0.25) is 0 Å². The van der Waals surface area contributed by atoms with Crippen molar-refractivity contribution in [3.63, 3.8) is 0 Å². The highest BCUT2D eigenvalue weighted by Crippen LogP contribution is 2.19. The molecule has 1 heterocycles. The molecule has 0 amide bonds. The number of hydrogen-bond acceptors (Lipinski definition) is 3. The van der Waals surface area contributed by atoms with Crippen LogP contribution in [0.4, 0.5) is 0 Å². The molecule has 0 bridgehead atoms. The molecule has 3 aromatic rings. The Kier molecular flexibility index (Phi) is 4.46. The van der Waals surface area contributed by atoms with Crippen molar-refractivity contribution in [2.24, 2.45) is 0 Å². The fourth-order valence-electron chi connectivity index (χ4n) is 2.53. The molecular formula is C18H18ClN3O. The number of H-pyrrole nitrogens is 1. The van der Waals surface area contributed by atoms with E-state index in [0.29, 0.717) is 11.2 Å². The molecule has 2 aromatic carbocycles. The molecule has 0 unspecified atom stereocenters. The third-order valence-electron chi connectivity index (χ3n) is 4.03. The van der Waals surface area contributed by atoms with Gasteiger partial charge < -0.3 is 4.98 Å². The van der Waals surface area contributed by atoms with Gasteiger partial charge in [-0.25, -0.2) is 4.98 Å². The summed E-state index contributed by atoms with van der Waals surface area (Å²) < 4.78 is 0. The fourth-order valence-corrected chi connectivity index (χ4v) is 2.65. The zero-order chi connectivity index (χ0) is 16.4. The fraction of sp³-hybridized carbons (Fsp3) is 0.222. The van der Waals surface area contributed by atoms with Crippen molar-refractivity contribution in [3.8, 4) is 0 Å². The summed E-state index contributed by atoms with van der Waals surface area (Å²) in [5.41, 5.74) is 1.78. The molecule has 23 heavy (non-hydrogen) atoms. The molecule has 3 rings (SSSR count). The van der Waals surface area contributed by atoms with Crippen molar-refractivity contribution < 1.29 is 0 Å². The van der Waals surface area contributed by atoms with Gasteiger partial charge in [0.05, 0.1) is 16.9 Å². The van der Waals surface area contributed by atoms with E-state index in [4.69, 9.17) is 11.6 Å². The Labute approximate surface area is 139 Å². The highest BCUT2D eigenvalue weighted by molar-refractivity contribution is 6.30. The number of fused-ring (bicyclic) bond motifs is 1. The van der Waals surface area contributed by atoms with Gasteiger partial charge in [0.15, 0.2) is 0 Å². The molecular weight excluding hydrogens is 310 g/mol. The van der Waals surface area contributed by atoms with Crippen LogP contribution in [0.25, 0.3) is 10.9 Å². The zero-order valence-corrected chi connectivity index (χ0v) is 13.8. The lowest BCUT2D eigenvalue weighted by Crippen LogP contribution is -2.26. The molecule has 0 aliphatic rings. The summed E-state index contributed by atoms with van der Waals surface area (Å²) in [7, 11) is 2.01. The van der Waals surface area contributed by atoms with Gasteiger partial charge in [-0.15, -0.1) is 0 Å². The van der Waals surface area contributed by atoms with E-state index >= 15 is 0 Å². The summed E-state index contributed by atoms with van der Waals surface area (Å²) in [5.74, 6) is 0.671. The van der Waals surface area contributed by atoms with Crippen LogP contribution in [0.15, 0.2) is 53.3 Å². The Morgan fingerprint density at radius 1 is 1.17 bits per heavy atom. The summed E-state index contributed by atoms with van der Waals surface area (Å²) in [6.07, 6.45) is 0. The number of halogens is 1. The van der Waals surface area contributed by atoms with Crippen LogP contribution in [0.2, 0.25) is 5.02 Å². The largest absolute Gasteiger partial charge is 0.309 e. The van der Waals surface area contributed by atoms with Crippen LogP contribution in [-0.4, -0.2) is 21.9 Å². The Bertz CT molecular complexity index is 873.